The highest BCUT2D eigenvalue weighted by Crippen LogP contribution is 2.12. The van der Waals surface area contributed by atoms with Crippen molar-refractivity contribution in [2.24, 2.45) is 12.8 Å². The second kappa shape index (κ2) is 5.88. The van der Waals surface area contributed by atoms with Gasteiger partial charge in [-0.2, -0.15) is 0 Å². The number of benzene rings is 1. The smallest absolute Gasteiger partial charge is 0.259 e. The lowest BCUT2D eigenvalue weighted by Gasteiger charge is -2.07. The summed E-state index contributed by atoms with van der Waals surface area (Å²) < 4.78 is 41.5. The lowest BCUT2D eigenvalue weighted by molar-refractivity contribution is 0.571. The fourth-order valence-corrected chi connectivity index (χ4v) is 2.73. The third-order valence-electron chi connectivity index (χ3n) is 2.75. The van der Waals surface area contributed by atoms with Crippen molar-refractivity contribution in [1.29, 1.82) is 0 Å². The summed E-state index contributed by atoms with van der Waals surface area (Å²) in [6.07, 6.45) is 2.72. The summed E-state index contributed by atoms with van der Waals surface area (Å²) in [6.45, 7) is -0.192. The Morgan fingerprint density at radius 3 is 2.76 bits per heavy atom. The lowest BCUT2D eigenvalue weighted by Crippen LogP contribution is -2.24. The van der Waals surface area contributed by atoms with Gasteiger partial charge in [-0.15, -0.1) is 0 Å². The van der Waals surface area contributed by atoms with E-state index in [0.717, 1.165) is 0 Å². The Labute approximate surface area is 126 Å². The van der Waals surface area contributed by atoms with Gasteiger partial charge in [0.15, 0.2) is 5.03 Å². The molecular formula is C12H13FN4O2S2. The van der Waals surface area contributed by atoms with Crippen molar-refractivity contribution in [1.82, 2.24) is 14.3 Å². The molecule has 0 amide bonds. The first-order valence-electron chi connectivity index (χ1n) is 5.85. The summed E-state index contributed by atoms with van der Waals surface area (Å²) in [5.41, 5.74) is 5.97. The highest BCUT2D eigenvalue weighted by Gasteiger charge is 2.17. The van der Waals surface area contributed by atoms with Gasteiger partial charge in [0.1, 0.15) is 10.8 Å². The quantitative estimate of drug-likeness (QED) is 0.788. The van der Waals surface area contributed by atoms with Gasteiger partial charge in [-0.1, -0.05) is 24.4 Å². The first kappa shape index (κ1) is 15.5. The van der Waals surface area contributed by atoms with Gasteiger partial charge in [0.2, 0.25) is 0 Å². The highest BCUT2D eigenvalue weighted by atomic mass is 32.2. The average molecular weight is 328 g/mol. The molecule has 0 saturated carbocycles. The van der Waals surface area contributed by atoms with E-state index in [2.05, 4.69) is 9.71 Å². The standard InChI is InChI=1S/C12H13FN4O2S2/c1-17-6-11(15-7-17)21(18,19)16-5-9-3-2-8(12(14)20)4-10(9)13/h2-4,6-7,16H,5H2,1H3,(H2,14,20). The number of nitrogens with two attached hydrogens (primary N) is 1. The minimum atomic E-state index is -3.78. The van der Waals surface area contributed by atoms with Gasteiger partial charge >= 0.3 is 0 Å². The molecule has 9 heteroatoms. The maximum Gasteiger partial charge on any atom is 0.259 e. The number of hydrogen-bond donors (Lipinski definition) is 2. The van der Waals surface area contributed by atoms with E-state index >= 15 is 0 Å². The minimum Gasteiger partial charge on any atom is -0.389 e. The first-order valence-corrected chi connectivity index (χ1v) is 7.74. The van der Waals surface area contributed by atoms with Crippen LogP contribution in [0.25, 0.3) is 0 Å². The summed E-state index contributed by atoms with van der Waals surface area (Å²) in [7, 11) is -2.13. The fraction of sp³-hybridized carbons (Fsp3) is 0.167. The third kappa shape index (κ3) is 3.63. The van der Waals surface area contributed by atoms with Crippen molar-refractivity contribution in [3.63, 3.8) is 0 Å². The molecule has 3 N–H and O–H groups in total. The molecule has 0 saturated heterocycles. The Bertz CT molecular complexity index is 786. The van der Waals surface area contributed by atoms with Gasteiger partial charge in [0.05, 0.1) is 6.33 Å². The Balaban J connectivity index is 2.15. The van der Waals surface area contributed by atoms with Crippen LogP contribution in [0.4, 0.5) is 4.39 Å². The molecule has 0 aliphatic heterocycles. The van der Waals surface area contributed by atoms with E-state index in [9.17, 15) is 12.8 Å². The largest absolute Gasteiger partial charge is 0.389 e. The van der Waals surface area contributed by atoms with Crippen LogP contribution in [0.1, 0.15) is 11.1 Å². The molecule has 0 aliphatic carbocycles. The lowest BCUT2D eigenvalue weighted by atomic mass is 10.1. The molecule has 0 aliphatic rings. The van der Waals surface area contributed by atoms with Crippen molar-refractivity contribution < 1.29 is 12.8 Å². The number of aryl methyl sites for hydroxylation is 1. The number of sulfonamides is 1. The van der Waals surface area contributed by atoms with Gasteiger partial charge in [-0.3, -0.25) is 0 Å². The Hall–Kier alpha value is -1.84. The fourth-order valence-electron chi connectivity index (χ4n) is 1.62. The van der Waals surface area contributed by atoms with Crippen LogP contribution in [0.2, 0.25) is 0 Å². The molecule has 0 unspecified atom stereocenters. The van der Waals surface area contributed by atoms with Gasteiger partial charge < -0.3 is 10.3 Å². The molecular weight excluding hydrogens is 315 g/mol. The van der Waals surface area contributed by atoms with Crippen LogP contribution in [0.3, 0.4) is 0 Å². The Kier molecular flexibility index (Phi) is 4.35. The number of imidazole rings is 1. The van der Waals surface area contributed by atoms with Crippen LogP contribution in [-0.2, 0) is 23.6 Å². The molecule has 112 valence electrons. The van der Waals surface area contributed by atoms with Crippen molar-refractivity contribution in [3.05, 3.63) is 47.7 Å². The maximum absolute atomic E-state index is 13.8. The second-order valence-corrected chi connectivity index (χ2v) is 6.53. The molecule has 1 heterocycles. The number of hydrogen-bond acceptors (Lipinski definition) is 4. The molecule has 21 heavy (non-hydrogen) atoms. The molecule has 0 radical (unpaired) electrons. The van der Waals surface area contributed by atoms with Crippen LogP contribution in [0.15, 0.2) is 35.7 Å². The predicted molar refractivity (Wildman–Crippen MR) is 79.5 cm³/mol. The zero-order valence-corrected chi connectivity index (χ0v) is 12.7. The molecule has 0 spiro atoms. The number of nitrogens with one attached hydrogen (secondary N) is 1. The first-order chi connectivity index (χ1) is 9.79. The monoisotopic (exact) mass is 328 g/mol. The van der Waals surface area contributed by atoms with Crippen LogP contribution >= 0.6 is 12.2 Å². The van der Waals surface area contributed by atoms with E-state index in [1.54, 1.807) is 7.05 Å². The van der Waals surface area contributed by atoms with Crippen LogP contribution in [0.5, 0.6) is 0 Å². The van der Waals surface area contributed by atoms with E-state index in [4.69, 9.17) is 18.0 Å². The van der Waals surface area contributed by atoms with Gasteiger partial charge in [0.25, 0.3) is 10.0 Å². The van der Waals surface area contributed by atoms with Crippen LogP contribution < -0.4 is 10.5 Å². The number of nitrogens with zero attached hydrogens (tertiary/aromatic N) is 2. The van der Waals surface area contributed by atoms with Crippen LogP contribution in [-0.4, -0.2) is 23.0 Å². The molecule has 1 aromatic carbocycles. The molecule has 6 nitrogen and oxygen atoms in total. The summed E-state index contributed by atoms with van der Waals surface area (Å²) in [5.74, 6) is -0.580. The zero-order chi connectivity index (χ0) is 15.6. The van der Waals surface area contributed by atoms with Crippen molar-refractivity contribution in [2.45, 2.75) is 11.6 Å². The number of rotatable bonds is 5. The van der Waals surface area contributed by atoms with Crippen molar-refractivity contribution in [3.8, 4) is 0 Å². The maximum atomic E-state index is 13.8. The van der Waals surface area contributed by atoms with Gasteiger partial charge in [0, 0.05) is 30.9 Å². The van der Waals surface area contributed by atoms with Gasteiger partial charge in [-0.05, 0) is 6.07 Å². The van der Waals surface area contributed by atoms with E-state index in [1.807, 2.05) is 0 Å². The Morgan fingerprint density at radius 1 is 1.52 bits per heavy atom. The number of thiocarbonyl (C=S) groups is 1. The number of aromatic nitrogens is 2. The molecule has 0 fully saturated rings. The average Bonchev–Trinajstić information content (AvgIpc) is 2.84. The summed E-state index contributed by atoms with van der Waals surface area (Å²) in [4.78, 5) is 3.82. The predicted octanol–water partition coefficient (Wildman–Crippen LogP) is 0.672. The minimum absolute atomic E-state index is 0.0783. The molecule has 0 atom stereocenters. The molecule has 0 bridgehead atoms. The normalized spacial score (nSPS) is 11.5. The zero-order valence-electron chi connectivity index (χ0n) is 11.1. The summed E-state index contributed by atoms with van der Waals surface area (Å²) in [5, 5.41) is -0.120. The molecule has 2 aromatic rings. The molecule has 2 rings (SSSR count). The SMILES string of the molecule is Cn1cnc(S(=O)(=O)NCc2ccc(C(N)=S)cc2F)c1. The number of halogens is 1. The third-order valence-corrected chi connectivity index (χ3v) is 4.27. The van der Waals surface area contributed by atoms with Crippen molar-refractivity contribution in [2.75, 3.05) is 0 Å². The van der Waals surface area contributed by atoms with Crippen molar-refractivity contribution >= 4 is 27.2 Å². The van der Waals surface area contributed by atoms with E-state index in [-0.39, 0.29) is 22.1 Å². The summed E-state index contributed by atoms with van der Waals surface area (Å²) >= 11 is 4.74. The Morgan fingerprint density at radius 2 is 2.24 bits per heavy atom. The van der Waals surface area contributed by atoms with E-state index < -0.39 is 15.8 Å². The topological polar surface area (TPSA) is 90.0 Å². The second-order valence-electron chi connectivity index (χ2n) is 4.37. The van der Waals surface area contributed by atoms with E-state index in [1.165, 1.54) is 35.3 Å². The molecule has 1 aromatic heterocycles. The van der Waals surface area contributed by atoms with E-state index in [0.29, 0.717) is 5.56 Å². The van der Waals surface area contributed by atoms with Crippen LogP contribution in [0, 0.1) is 5.82 Å². The highest BCUT2D eigenvalue weighted by molar-refractivity contribution is 7.89. The summed E-state index contributed by atoms with van der Waals surface area (Å²) in [6, 6.07) is 4.15. The van der Waals surface area contributed by atoms with Gasteiger partial charge in [-0.25, -0.2) is 22.5 Å².